The molecule has 4 rings (SSSR count). The van der Waals surface area contributed by atoms with E-state index in [0.29, 0.717) is 22.4 Å². The molecule has 0 aromatic heterocycles. The molecule has 3 aromatic carbocycles. The predicted octanol–water partition coefficient (Wildman–Crippen LogP) is 3.10. The second-order valence-corrected chi connectivity index (χ2v) is 8.44. The minimum atomic E-state index is -1.45. The molecular formula is C27H26N4O4. The number of anilines is 1. The number of benzene rings is 3. The Hall–Kier alpha value is -4.46. The zero-order chi connectivity index (χ0) is 25.2. The van der Waals surface area contributed by atoms with Gasteiger partial charge in [0.25, 0.3) is 11.8 Å². The summed E-state index contributed by atoms with van der Waals surface area (Å²) in [4.78, 5) is 52.4. The Morgan fingerprint density at radius 2 is 1.63 bits per heavy atom. The summed E-state index contributed by atoms with van der Waals surface area (Å²) in [6.45, 7) is 3.43. The van der Waals surface area contributed by atoms with E-state index in [4.69, 9.17) is 0 Å². The SMILES string of the molecule is CNC(=O)c1cccc(NC(=O)CN2C(=O)N[C@@](c3ccccc3)(c3ccc(C)c(C)c3)C2=O)c1. The molecule has 1 aliphatic rings. The molecule has 1 fully saturated rings. The number of nitrogens with one attached hydrogen (secondary N) is 3. The van der Waals surface area contributed by atoms with Crippen LogP contribution < -0.4 is 16.0 Å². The third kappa shape index (κ3) is 4.38. The molecule has 1 heterocycles. The van der Waals surface area contributed by atoms with Crippen molar-refractivity contribution in [1.82, 2.24) is 15.5 Å². The molecule has 8 heteroatoms. The summed E-state index contributed by atoms with van der Waals surface area (Å²) in [5, 5.41) is 8.03. The summed E-state index contributed by atoms with van der Waals surface area (Å²) in [5.74, 6) is -1.39. The normalized spacial score (nSPS) is 17.2. The van der Waals surface area contributed by atoms with Gasteiger partial charge in [0.2, 0.25) is 5.91 Å². The molecule has 8 nitrogen and oxygen atoms in total. The van der Waals surface area contributed by atoms with Gasteiger partial charge in [0.05, 0.1) is 0 Å². The minimum Gasteiger partial charge on any atom is -0.355 e. The van der Waals surface area contributed by atoms with Crippen molar-refractivity contribution in [2.24, 2.45) is 0 Å². The molecule has 5 amide bonds. The van der Waals surface area contributed by atoms with Crippen LogP contribution in [0.25, 0.3) is 0 Å². The van der Waals surface area contributed by atoms with E-state index in [9.17, 15) is 19.2 Å². The van der Waals surface area contributed by atoms with Crippen LogP contribution in [0.15, 0.2) is 72.8 Å². The van der Waals surface area contributed by atoms with Gasteiger partial charge in [0.1, 0.15) is 6.54 Å². The van der Waals surface area contributed by atoms with Gasteiger partial charge in [0, 0.05) is 18.3 Å². The minimum absolute atomic E-state index is 0.295. The van der Waals surface area contributed by atoms with Crippen molar-refractivity contribution in [2.75, 3.05) is 18.9 Å². The van der Waals surface area contributed by atoms with Gasteiger partial charge >= 0.3 is 6.03 Å². The summed E-state index contributed by atoms with van der Waals surface area (Å²) in [7, 11) is 1.51. The zero-order valence-corrected chi connectivity index (χ0v) is 19.7. The van der Waals surface area contributed by atoms with Gasteiger partial charge in [0.15, 0.2) is 5.54 Å². The first-order valence-electron chi connectivity index (χ1n) is 11.2. The highest BCUT2D eigenvalue weighted by Gasteiger charge is 2.54. The number of carbonyl (C=O) groups excluding carboxylic acids is 4. The molecule has 1 saturated heterocycles. The molecule has 0 aliphatic carbocycles. The second-order valence-electron chi connectivity index (χ2n) is 8.44. The van der Waals surface area contributed by atoms with Crippen molar-refractivity contribution in [1.29, 1.82) is 0 Å². The van der Waals surface area contributed by atoms with E-state index in [1.54, 1.807) is 42.5 Å². The number of hydrogen-bond donors (Lipinski definition) is 3. The topological polar surface area (TPSA) is 108 Å². The maximum absolute atomic E-state index is 13.8. The highest BCUT2D eigenvalue weighted by Crippen LogP contribution is 2.36. The summed E-state index contributed by atoms with van der Waals surface area (Å²) in [5.41, 5.74) is 2.56. The molecule has 0 radical (unpaired) electrons. The first-order valence-corrected chi connectivity index (χ1v) is 11.2. The van der Waals surface area contributed by atoms with E-state index in [1.807, 2.05) is 38.1 Å². The Bertz CT molecular complexity index is 1320. The second kappa shape index (κ2) is 9.42. The summed E-state index contributed by atoms with van der Waals surface area (Å²) in [6, 6.07) is 20.3. The van der Waals surface area contributed by atoms with Crippen LogP contribution in [-0.4, -0.2) is 42.2 Å². The van der Waals surface area contributed by atoms with E-state index in [-0.39, 0.29) is 5.91 Å². The molecule has 1 aliphatic heterocycles. The number of hydrogen-bond acceptors (Lipinski definition) is 4. The average Bonchev–Trinajstić information content (AvgIpc) is 3.11. The maximum Gasteiger partial charge on any atom is 0.326 e. The molecule has 178 valence electrons. The Morgan fingerprint density at radius 3 is 2.31 bits per heavy atom. The van der Waals surface area contributed by atoms with E-state index < -0.39 is 29.9 Å². The fraction of sp³-hybridized carbons (Fsp3) is 0.185. The molecular weight excluding hydrogens is 444 g/mol. The van der Waals surface area contributed by atoms with Gasteiger partial charge in [-0.2, -0.15) is 0 Å². The molecule has 35 heavy (non-hydrogen) atoms. The van der Waals surface area contributed by atoms with E-state index in [1.165, 1.54) is 13.1 Å². The van der Waals surface area contributed by atoms with Crippen molar-refractivity contribution in [3.05, 3.63) is 101 Å². The molecule has 0 saturated carbocycles. The predicted molar refractivity (Wildman–Crippen MR) is 132 cm³/mol. The number of nitrogens with zero attached hydrogens (tertiary/aromatic N) is 1. The lowest BCUT2D eigenvalue weighted by atomic mass is 9.81. The monoisotopic (exact) mass is 470 g/mol. The number of aryl methyl sites for hydroxylation is 2. The van der Waals surface area contributed by atoms with Crippen LogP contribution in [0.5, 0.6) is 0 Å². The first-order chi connectivity index (χ1) is 16.8. The number of urea groups is 1. The fourth-order valence-electron chi connectivity index (χ4n) is 4.17. The van der Waals surface area contributed by atoms with Crippen molar-refractivity contribution in [3.8, 4) is 0 Å². The van der Waals surface area contributed by atoms with E-state index in [0.717, 1.165) is 16.0 Å². The molecule has 3 aromatic rings. The fourth-order valence-corrected chi connectivity index (χ4v) is 4.17. The van der Waals surface area contributed by atoms with Gasteiger partial charge in [-0.15, -0.1) is 0 Å². The van der Waals surface area contributed by atoms with Crippen LogP contribution in [0, 0.1) is 13.8 Å². The molecule has 3 N–H and O–H groups in total. The van der Waals surface area contributed by atoms with Gasteiger partial charge in [-0.3, -0.25) is 19.3 Å². The lowest BCUT2D eigenvalue weighted by Gasteiger charge is -2.28. The van der Waals surface area contributed by atoms with Gasteiger partial charge in [-0.25, -0.2) is 4.79 Å². The van der Waals surface area contributed by atoms with Gasteiger partial charge < -0.3 is 16.0 Å². The van der Waals surface area contributed by atoms with Gasteiger partial charge in [-0.05, 0) is 54.3 Å². The van der Waals surface area contributed by atoms with Crippen molar-refractivity contribution >= 4 is 29.4 Å². The van der Waals surface area contributed by atoms with Crippen molar-refractivity contribution in [2.45, 2.75) is 19.4 Å². The number of rotatable bonds is 6. The third-order valence-corrected chi connectivity index (χ3v) is 6.19. The standard InChI is InChI=1S/C27H26N4O4/c1-17-12-13-21(14-18(17)2)27(20-9-5-4-6-10-20)25(34)31(26(35)30-27)16-23(32)29-22-11-7-8-19(15-22)24(33)28-3/h4-15H,16H2,1-3H3,(H,28,33)(H,29,32)(H,30,35)/t27-/m0/s1. The van der Waals surface area contributed by atoms with Crippen LogP contribution in [0.4, 0.5) is 10.5 Å². The van der Waals surface area contributed by atoms with Crippen LogP contribution in [-0.2, 0) is 15.1 Å². The van der Waals surface area contributed by atoms with Crippen LogP contribution in [0.1, 0.15) is 32.6 Å². The van der Waals surface area contributed by atoms with Crippen LogP contribution >= 0.6 is 0 Å². The highest BCUT2D eigenvalue weighted by molar-refractivity contribution is 6.12. The van der Waals surface area contributed by atoms with Gasteiger partial charge in [-0.1, -0.05) is 54.6 Å². The maximum atomic E-state index is 13.8. The highest BCUT2D eigenvalue weighted by atomic mass is 16.2. The Labute approximate surface area is 203 Å². The van der Waals surface area contributed by atoms with E-state index in [2.05, 4.69) is 16.0 Å². The quantitative estimate of drug-likeness (QED) is 0.481. The summed E-state index contributed by atoms with van der Waals surface area (Å²) >= 11 is 0. The molecule has 1 atom stereocenters. The summed E-state index contributed by atoms with van der Waals surface area (Å²) < 4.78 is 0. The third-order valence-electron chi connectivity index (χ3n) is 6.19. The lowest BCUT2D eigenvalue weighted by Crippen LogP contribution is -2.45. The largest absolute Gasteiger partial charge is 0.355 e. The Balaban J connectivity index is 1.64. The van der Waals surface area contributed by atoms with Crippen LogP contribution in [0.3, 0.4) is 0 Å². The van der Waals surface area contributed by atoms with E-state index >= 15 is 0 Å². The number of amides is 5. The molecule has 0 unspecified atom stereocenters. The lowest BCUT2D eigenvalue weighted by molar-refractivity contribution is -0.133. The molecule has 0 spiro atoms. The van der Waals surface area contributed by atoms with Crippen LogP contribution in [0.2, 0.25) is 0 Å². The first kappa shape index (κ1) is 23.7. The Kier molecular flexibility index (Phi) is 6.38. The number of imide groups is 1. The van der Waals surface area contributed by atoms with Crippen molar-refractivity contribution in [3.63, 3.8) is 0 Å². The molecule has 0 bridgehead atoms. The van der Waals surface area contributed by atoms with Crippen molar-refractivity contribution < 1.29 is 19.2 Å². The smallest absolute Gasteiger partial charge is 0.326 e. The Morgan fingerprint density at radius 1 is 0.886 bits per heavy atom. The zero-order valence-electron chi connectivity index (χ0n) is 19.7. The average molecular weight is 471 g/mol. The summed E-state index contributed by atoms with van der Waals surface area (Å²) in [6.07, 6.45) is 0. The number of carbonyl (C=O) groups is 4.